The molecule has 0 aromatic heterocycles. The van der Waals surface area contributed by atoms with Crippen LogP contribution in [0.2, 0.25) is 0 Å². The van der Waals surface area contributed by atoms with Gasteiger partial charge in [-0.05, 0) is 49.0 Å². The highest BCUT2D eigenvalue weighted by atomic mass is 19.1. The third-order valence-electron chi connectivity index (χ3n) is 4.89. The fourth-order valence-corrected chi connectivity index (χ4v) is 3.53. The third-order valence-corrected chi connectivity index (χ3v) is 4.89. The summed E-state index contributed by atoms with van der Waals surface area (Å²) in [6.07, 6.45) is 4.65. The molecule has 2 rings (SSSR count). The molecule has 1 fully saturated rings. The Labute approximate surface area is 121 Å². The summed E-state index contributed by atoms with van der Waals surface area (Å²) < 4.78 is 14.0. The Bertz CT molecular complexity index is 431. The van der Waals surface area contributed by atoms with Crippen LogP contribution in [0.4, 0.5) is 4.39 Å². The van der Waals surface area contributed by atoms with Crippen LogP contribution < -0.4 is 11.3 Å². The van der Waals surface area contributed by atoms with Crippen LogP contribution in [0.25, 0.3) is 0 Å². The minimum absolute atomic E-state index is 0.0721. The standard InChI is InChI=1S/C17H27FN2/c1-17(2,3)13-10-8-12(9-11-13)16(20-19)14-6-4-5-7-15(14)18/h4-7,12-13,16,20H,8-11,19H2,1-3H3. The Balaban J connectivity index is 2.06. The Kier molecular flexibility index (Phi) is 4.82. The third kappa shape index (κ3) is 3.39. The molecule has 0 amide bonds. The molecule has 0 spiro atoms. The molecule has 1 aliphatic carbocycles. The van der Waals surface area contributed by atoms with Crippen molar-refractivity contribution >= 4 is 0 Å². The number of nitrogens with two attached hydrogens (primary N) is 1. The van der Waals surface area contributed by atoms with Crippen LogP contribution >= 0.6 is 0 Å². The number of rotatable bonds is 3. The summed E-state index contributed by atoms with van der Waals surface area (Å²) in [5.41, 5.74) is 3.92. The van der Waals surface area contributed by atoms with E-state index in [0.29, 0.717) is 16.9 Å². The van der Waals surface area contributed by atoms with E-state index in [0.717, 1.165) is 18.8 Å². The van der Waals surface area contributed by atoms with Gasteiger partial charge in [-0.15, -0.1) is 0 Å². The first-order chi connectivity index (χ1) is 9.43. The summed E-state index contributed by atoms with van der Waals surface area (Å²) in [6, 6.07) is 6.89. The lowest BCUT2D eigenvalue weighted by atomic mass is 9.68. The van der Waals surface area contributed by atoms with Gasteiger partial charge < -0.3 is 0 Å². The van der Waals surface area contributed by atoms with E-state index in [1.807, 2.05) is 12.1 Å². The summed E-state index contributed by atoms with van der Waals surface area (Å²) in [7, 11) is 0. The first-order valence-corrected chi connectivity index (χ1v) is 7.64. The number of nitrogens with one attached hydrogen (secondary N) is 1. The summed E-state index contributed by atoms with van der Waals surface area (Å²) in [5.74, 6) is 6.74. The molecule has 0 bridgehead atoms. The lowest BCUT2D eigenvalue weighted by Crippen LogP contribution is -2.37. The van der Waals surface area contributed by atoms with Gasteiger partial charge in [0.05, 0.1) is 6.04 Å². The van der Waals surface area contributed by atoms with E-state index in [1.165, 1.54) is 18.9 Å². The maximum absolute atomic E-state index is 14.0. The fourth-order valence-electron chi connectivity index (χ4n) is 3.53. The molecule has 1 saturated carbocycles. The average Bonchev–Trinajstić information content (AvgIpc) is 2.41. The second kappa shape index (κ2) is 6.23. The van der Waals surface area contributed by atoms with Crippen LogP contribution in [0.3, 0.4) is 0 Å². The Hall–Kier alpha value is -0.930. The van der Waals surface area contributed by atoms with E-state index in [1.54, 1.807) is 6.07 Å². The van der Waals surface area contributed by atoms with Crippen LogP contribution in [-0.4, -0.2) is 0 Å². The predicted molar refractivity (Wildman–Crippen MR) is 81.4 cm³/mol. The molecule has 1 aromatic rings. The fraction of sp³-hybridized carbons (Fsp3) is 0.647. The molecule has 0 radical (unpaired) electrons. The zero-order valence-electron chi connectivity index (χ0n) is 12.8. The maximum atomic E-state index is 14.0. The Morgan fingerprint density at radius 1 is 1.15 bits per heavy atom. The summed E-state index contributed by atoms with van der Waals surface area (Å²) in [4.78, 5) is 0. The van der Waals surface area contributed by atoms with Gasteiger partial charge in [0, 0.05) is 5.56 Å². The largest absolute Gasteiger partial charge is 0.271 e. The van der Waals surface area contributed by atoms with Gasteiger partial charge in [-0.25, -0.2) is 4.39 Å². The van der Waals surface area contributed by atoms with Crippen molar-refractivity contribution in [2.75, 3.05) is 0 Å². The van der Waals surface area contributed by atoms with Gasteiger partial charge >= 0.3 is 0 Å². The minimum atomic E-state index is -0.159. The Morgan fingerprint density at radius 3 is 2.25 bits per heavy atom. The second-order valence-corrected chi connectivity index (χ2v) is 7.14. The van der Waals surface area contributed by atoms with E-state index in [-0.39, 0.29) is 11.9 Å². The van der Waals surface area contributed by atoms with Gasteiger partial charge in [0.1, 0.15) is 5.82 Å². The number of benzene rings is 1. The number of hydrogen-bond acceptors (Lipinski definition) is 2. The lowest BCUT2D eigenvalue weighted by Gasteiger charge is -2.39. The minimum Gasteiger partial charge on any atom is -0.271 e. The van der Waals surface area contributed by atoms with Crippen LogP contribution in [0.5, 0.6) is 0 Å². The molecule has 0 heterocycles. The SMILES string of the molecule is CC(C)(C)C1CCC(C(NN)c2ccccc2F)CC1. The molecule has 2 nitrogen and oxygen atoms in total. The second-order valence-electron chi connectivity index (χ2n) is 7.14. The molecule has 3 N–H and O–H groups in total. The number of hydrazine groups is 1. The molecule has 20 heavy (non-hydrogen) atoms. The van der Waals surface area contributed by atoms with Crippen molar-refractivity contribution in [3.63, 3.8) is 0 Å². The van der Waals surface area contributed by atoms with Gasteiger partial charge in [0.25, 0.3) is 0 Å². The molecule has 112 valence electrons. The predicted octanol–water partition coefficient (Wildman–Crippen LogP) is 4.18. The van der Waals surface area contributed by atoms with Crippen molar-refractivity contribution in [1.82, 2.24) is 5.43 Å². The monoisotopic (exact) mass is 278 g/mol. The van der Waals surface area contributed by atoms with E-state index in [2.05, 4.69) is 26.2 Å². The van der Waals surface area contributed by atoms with Crippen LogP contribution in [0.1, 0.15) is 58.1 Å². The summed E-state index contributed by atoms with van der Waals surface area (Å²) in [6.45, 7) is 6.94. The molecular weight excluding hydrogens is 251 g/mol. The van der Waals surface area contributed by atoms with Crippen molar-refractivity contribution < 1.29 is 4.39 Å². The first-order valence-electron chi connectivity index (χ1n) is 7.64. The average molecular weight is 278 g/mol. The van der Waals surface area contributed by atoms with Gasteiger partial charge in [-0.3, -0.25) is 11.3 Å². The van der Waals surface area contributed by atoms with E-state index in [9.17, 15) is 4.39 Å². The van der Waals surface area contributed by atoms with Crippen LogP contribution in [-0.2, 0) is 0 Å². The molecular formula is C17H27FN2. The van der Waals surface area contributed by atoms with Gasteiger partial charge in [0.15, 0.2) is 0 Å². The first kappa shape index (κ1) is 15.5. The normalized spacial score (nSPS) is 25.4. The molecule has 1 aromatic carbocycles. The van der Waals surface area contributed by atoms with Crippen molar-refractivity contribution in [1.29, 1.82) is 0 Å². The van der Waals surface area contributed by atoms with E-state index in [4.69, 9.17) is 5.84 Å². The van der Waals surface area contributed by atoms with Crippen molar-refractivity contribution in [3.8, 4) is 0 Å². The van der Waals surface area contributed by atoms with E-state index >= 15 is 0 Å². The van der Waals surface area contributed by atoms with Crippen LogP contribution in [0, 0.1) is 23.1 Å². The van der Waals surface area contributed by atoms with Crippen LogP contribution in [0.15, 0.2) is 24.3 Å². The lowest BCUT2D eigenvalue weighted by molar-refractivity contribution is 0.132. The smallest absolute Gasteiger partial charge is 0.128 e. The quantitative estimate of drug-likeness (QED) is 0.643. The van der Waals surface area contributed by atoms with Gasteiger partial charge in [-0.1, -0.05) is 39.0 Å². The van der Waals surface area contributed by atoms with Crippen molar-refractivity contribution in [2.24, 2.45) is 23.1 Å². The number of halogens is 1. The van der Waals surface area contributed by atoms with Crippen molar-refractivity contribution in [2.45, 2.75) is 52.5 Å². The molecule has 1 unspecified atom stereocenters. The highest BCUT2D eigenvalue weighted by Crippen LogP contribution is 2.43. The maximum Gasteiger partial charge on any atom is 0.128 e. The van der Waals surface area contributed by atoms with Gasteiger partial charge in [0.2, 0.25) is 0 Å². The molecule has 0 saturated heterocycles. The van der Waals surface area contributed by atoms with Gasteiger partial charge in [-0.2, -0.15) is 0 Å². The summed E-state index contributed by atoms with van der Waals surface area (Å²) >= 11 is 0. The number of hydrogen-bond donors (Lipinski definition) is 2. The molecule has 1 atom stereocenters. The van der Waals surface area contributed by atoms with Crippen molar-refractivity contribution in [3.05, 3.63) is 35.6 Å². The topological polar surface area (TPSA) is 38.0 Å². The van der Waals surface area contributed by atoms with E-state index < -0.39 is 0 Å². The Morgan fingerprint density at radius 2 is 1.75 bits per heavy atom. The molecule has 3 heteroatoms. The zero-order chi connectivity index (χ0) is 14.8. The summed E-state index contributed by atoms with van der Waals surface area (Å²) in [5, 5.41) is 0. The highest BCUT2D eigenvalue weighted by molar-refractivity contribution is 5.22. The molecule has 0 aliphatic heterocycles. The highest BCUT2D eigenvalue weighted by Gasteiger charge is 2.33. The zero-order valence-corrected chi connectivity index (χ0v) is 12.8. The molecule has 1 aliphatic rings.